The maximum atomic E-state index is 13.5. The van der Waals surface area contributed by atoms with Gasteiger partial charge in [0.25, 0.3) is 0 Å². The molecule has 0 heterocycles. The number of halogens is 3. The third kappa shape index (κ3) is 4.11. The largest absolute Gasteiger partial charge is 0.496 e. The van der Waals surface area contributed by atoms with Crippen LogP contribution in [0.5, 0.6) is 5.75 Å². The molecule has 0 saturated carbocycles. The molecule has 2 nitrogen and oxygen atoms in total. The lowest BCUT2D eigenvalue weighted by Crippen LogP contribution is -2.09. The van der Waals surface area contributed by atoms with Crippen LogP contribution in [0.25, 0.3) is 0 Å². The van der Waals surface area contributed by atoms with Crippen molar-refractivity contribution in [2.75, 3.05) is 7.11 Å². The van der Waals surface area contributed by atoms with Crippen LogP contribution >= 0.6 is 15.9 Å². The predicted octanol–water partition coefficient (Wildman–Crippen LogP) is 4.09. The van der Waals surface area contributed by atoms with Gasteiger partial charge in [0.2, 0.25) is 0 Å². The average molecular weight is 355 g/mol. The molecule has 0 fully saturated rings. The smallest absolute Gasteiger partial charge is 0.141 e. The van der Waals surface area contributed by atoms with E-state index in [0.29, 0.717) is 5.75 Å². The SMILES string of the molecule is COc1ccc(Br)cc1CC(=O)Cc1ccc(F)cc1F. The highest BCUT2D eigenvalue weighted by Crippen LogP contribution is 2.24. The van der Waals surface area contributed by atoms with Crippen LogP contribution in [-0.2, 0) is 17.6 Å². The summed E-state index contributed by atoms with van der Waals surface area (Å²) in [6.07, 6.45) is 0.0429. The second-order valence-electron chi connectivity index (χ2n) is 4.58. The molecular weight excluding hydrogens is 342 g/mol. The molecule has 0 aliphatic rings. The fraction of sp³-hybridized carbons (Fsp3) is 0.188. The molecule has 0 atom stereocenters. The number of Topliss-reactive ketones (excluding diaryl/α,β-unsaturated/α-hetero) is 1. The molecule has 2 aromatic rings. The summed E-state index contributed by atoms with van der Waals surface area (Å²) in [7, 11) is 1.52. The van der Waals surface area contributed by atoms with Crippen LogP contribution < -0.4 is 4.74 Å². The second-order valence-corrected chi connectivity index (χ2v) is 5.50. The van der Waals surface area contributed by atoms with E-state index in [9.17, 15) is 13.6 Å². The number of ketones is 1. The van der Waals surface area contributed by atoms with E-state index in [1.807, 2.05) is 6.07 Å². The molecule has 110 valence electrons. The Bertz CT molecular complexity index is 671. The van der Waals surface area contributed by atoms with Gasteiger partial charge in [0, 0.05) is 28.9 Å². The quantitative estimate of drug-likeness (QED) is 0.808. The Morgan fingerprint density at radius 3 is 2.48 bits per heavy atom. The van der Waals surface area contributed by atoms with E-state index in [1.165, 1.54) is 13.2 Å². The van der Waals surface area contributed by atoms with Gasteiger partial charge >= 0.3 is 0 Å². The lowest BCUT2D eigenvalue weighted by Gasteiger charge is -2.09. The summed E-state index contributed by atoms with van der Waals surface area (Å²) in [5.41, 5.74) is 0.912. The lowest BCUT2D eigenvalue weighted by atomic mass is 10.0. The summed E-state index contributed by atoms with van der Waals surface area (Å²) < 4.78 is 32.4. The van der Waals surface area contributed by atoms with Crippen LogP contribution in [-0.4, -0.2) is 12.9 Å². The number of hydrogen-bond donors (Lipinski definition) is 0. The molecule has 5 heteroatoms. The topological polar surface area (TPSA) is 26.3 Å². The molecule has 0 saturated heterocycles. The monoisotopic (exact) mass is 354 g/mol. The Hall–Kier alpha value is -1.75. The fourth-order valence-electron chi connectivity index (χ4n) is 2.04. The second kappa shape index (κ2) is 6.80. The van der Waals surface area contributed by atoms with Gasteiger partial charge in [-0.05, 0) is 29.8 Å². The first-order chi connectivity index (χ1) is 9.99. The van der Waals surface area contributed by atoms with Crippen molar-refractivity contribution in [1.29, 1.82) is 0 Å². The van der Waals surface area contributed by atoms with Crippen LogP contribution in [0.15, 0.2) is 40.9 Å². The van der Waals surface area contributed by atoms with E-state index in [-0.39, 0.29) is 24.2 Å². The molecule has 0 aliphatic carbocycles. The number of rotatable bonds is 5. The Morgan fingerprint density at radius 2 is 1.81 bits per heavy atom. The standard InChI is InChI=1S/C16H13BrF2O2/c1-21-16-5-3-12(17)6-11(16)8-14(20)7-10-2-4-13(18)9-15(10)19/h2-6,9H,7-8H2,1H3. The van der Waals surface area contributed by atoms with Gasteiger partial charge in [-0.2, -0.15) is 0 Å². The van der Waals surface area contributed by atoms with Crippen molar-refractivity contribution in [2.24, 2.45) is 0 Å². The van der Waals surface area contributed by atoms with E-state index >= 15 is 0 Å². The number of carbonyl (C=O) groups is 1. The van der Waals surface area contributed by atoms with Gasteiger partial charge in [-0.1, -0.05) is 22.0 Å². The predicted molar refractivity (Wildman–Crippen MR) is 79.5 cm³/mol. The highest BCUT2D eigenvalue weighted by Gasteiger charge is 2.13. The molecule has 0 N–H and O–H groups in total. The molecular formula is C16H13BrF2O2. The first-order valence-electron chi connectivity index (χ1n) is 6.27. The van der Waals surface area contributed by atoms with E-state index in [4.69, 9.17) is 4.74 Å². The third-order valence-electron chi connectivity index (χ3n) is 3.03. The van der Waals surface area contributed by atoms with Gasteiger partial charge in [0.05, 0.1) is 7.11 Å². The molecule has 2 aromatic carbocycles. The molecule has 0 radical (unpaired) electrons. The van der Waals surface area contributed by atoms with Crippen molar-refractivity contribution >= 4 is 21.7 Å². The van der Waals surface area contributed by atoms with Crippen LogP contribution in [0.1, 0.15) is 11.1 Å². The molecule has 0 amide bonds. The van der Waals surface area contributed by atoms with Gasteiger partial charge in [0.1, 0.15) is 23.2 Å². The van der Waals surface area contributed by atoms with E-state index in [1.54, 1.807) is 12.1 Å². The first kappa shape index (κ1) is 15.6. The molecule has 0 spiro atoms. The molecule has 0 aromatic heterocycles. The van der Waals surface area contributed by atoms with Crippen molar-refractivity contribution in [1.82, 2.24) is 0 Å². The number of hydrogen-bond acceptors (Lipinski definition) is 2. The number of benzene rings is 2. The minimum absolute atomic E-state index is 0.0816. The van der Waals surface area contributed by atoms with Gasteiger partial charge in [-0.3, -0.25) is 4.79 Å². The van der Waals surface area contributed by atoms with Crippen LogP contribution in [0.4, 0.5) is 8.78 Å². The van der Waals surface area contributed by atoms with Gasteiger partial charge < -0.3 is 4.74 Å². The summed E-state index contributed by atoms with van der Waals surface area (Å²) in [6, 6.07) is 8.57. The summed E-state index contributed by atoms with van der Waals surface area (Å²) in [6.45, 7) is 0. The lowest BCUT2D eigenvalue weighted by molar-refractivity contribution is -0.117. The minimum atomic E-state index is -0.704. The maximum Gasteiger partial charge on any atom is 0.141 e. The number of methoxy groups -OCH3 is 1. The van der Waals surface area contributed by atoms with Crippen LogP contribution in [0, 0.1) is 11.6 Å². The Kier molecular flexibility index (Phi) is 5.07. The maximum absolute atomic E-state index is 13.5. The van der Waals surface area contributed by atoms with E-state index < -0.39 is 11.6 Å². The van der Waals surface area contributed by atoms with Gasteiger partial charge in [-0.25, -0.2) is 8.78 Å². The normalized spacial score (nSPS) is 10.5. The number of carbonyl (C=O) groups excluding carboxylic acids is 1. The summed E-state index contributed by atoms with van der Waals surface area (Å²) >= 11 is 3.33. The summed E-state index contributed by atoms with van der Waals surface area (Å²) in [4.78, 5) is 12.1. The van der Waals surface area contributed by atoms with Gasteiger partial charge in [0.15, 0.2) is 0 Å². The molecule has 0 unspecified atom stereocenters. The summed E-state index contributed by atoms with van der Waals surface area (Å²) in [5.74, 6) is -0.926. The molecule has 0 aliphatic heterocycles. The van der Waals surface area contributed by atoms with Crippen molar-refractivity contribution in [3.63, 3.8) is 0 Å². The zero-order valence-electron chi connectivity index (χ0n) is 11.3. The average Bonchev–Trinajstić information content (AvgIpc) is 2.42. The molecule has 0 bridgehead atoms. The molecule has 21 heavy (non-hydrogen) atoms. The van der Waals surface area contributed by atoms with Crippen molar-refractivity contribution < 1.29 is 18.3 Å². The Labute approximate surface area is 129 Å². The van der Waals surface area contributed by atoms with Crippen molar-refractivity contribution in [2.45, 2.75) is 12.8 Å². The van der Waals surface area contributed by atoms with E-state index in [0.717, 1.165) is 22.2 Å². The fourth-order valence-corrected chi connectivity index (χ4v) is 2.45. The van der Waals surface area contributed by atoms with Crippen LogP contribution in [0.3, 0.4) is 0 Å². The zero-order valence-corrected chi connectivity index (χ0v) is 12.9. The third-order valence-corrected chi connectivity index (χ3v) is 3.53. The van der Waals surface area contributed by atoms with Crippen molar-refractivity contribution in [3.8, 4) is 5.75 Å². The van der Waals surface area contributed by atoms with Crippen molar-refractivity contribution in [3.05, 3.63) is 63.6 Å². The highest BCUT2D eigenvalue weighted by molar-refractivity contribution is 9.10. The zero-order chi connectivity index (χ0) is 15.4. The Morgan fingerprint density at radius 1 is 1.10 bits per heavy atom. The number of ether oxygens (including phenoxy) is 1. The highest BCUT2D eigenvalue weighted by atomic mass is 79.9. The van der Waals surface area contributed by atoms with E-state index in [2.05, 4.69) is 15.9 Å². The molecule has 2 rings (SSSR count). The first-order valence-corrected chi connectivity index (χ1v) is 7.07. The van der Waals surface area contributed by atoms with Crippen LogP contribution in [0.2, 0.25) is 0 Å². The van der Waals surface area contributed by atoms with Gasteiger partial charge in [-0.15, -0.1) is 0 Å². The summed E-state index contributed by atoms with van der Waals surface area (Å²) in [5, 5.41) is 0. The minimum Gasteiger partial charge on any atom is -0.496 e. The Balaban J connectivity index is 2.13.